The summed E-state index contributed by atoms with van der Waals surface area (Å²) < 4.78 is 6.44. The van der Waals surface area contributed by atoms with Crippen molar-refractivity contribution in [2.24, 2.45) is 5.92 Å². The minimum Gasteiger partial charge on any atom is -0.469 e. The fourth-order valence-corrected chi connectivity index (χ4v) is 4.24. The predicted molar refractivity (Wildman–Crippen MR) is 116 cm³/mol. The van der Waals surface area contributed by atoms with Crippen molar-refractivity contribution in [3.05, 3.63) is 53.6 Å². The second-order valence-corrected chi connectivity index (χ2v) is 8.27. The van der Waals surface area contributed by atoms with Crippen LogP contribution in [0, 0.1) is 5.92 Å². The normalized spacial score (nSPS) is 14.4. The summed E-state index contributed by atoms with van der Waals surface area (Å²) in [4.78, 5) is 34.4. The van der Waals surface area contributed by atoms with Crippen LogP contribution in [0.5, 0.6) is 0 Å². The van der Waals surface area contributed by atoms with E-state index < -0.39 is 0 Å². The number of rotatable bonds is 7. The van der Waals surface area contributed by atoms with E-state index in [0.717, 1.165) is 24.1 Å². The molecule has 3 aromatic rings. The fraction of sp³-hybridized carbons (Fsp3) is 0.381. The molecule has 0 aliphatic carbocycles. The number of nitrogens with zero attached hydrogens (tertiary/aromatic N) is 5. The zero-order valence-electron chi connectivity index (χ0n) is 17.2. The van der Waals surface area contributed by atoms with E-state index >= 15 is 0 Å². The monoisotopic (exact) mass is 440 g/mol. The summed E-state index contributed by atoms with van der Waals surface area (Å²) >= 11 is 1.42. The lowest BCUT2D eigenvalue weighted by atomic mass is 9.93. The Bertz CT molecular complexity index is 1010. The van der Waals surface area contributed by atoms with Gasteiger partial charge in [0.05, 0.1) is 12.8 Å². The number of benzene rings is 1. The highest BCUT2D eigenvalue weighted by Crippen LogP contribution is 2.24. The maximum absolute atomic E-state index is 12.8. The van der Waals surface area contributed by atoms with Gasteiger partial charge in [0.25, 0.3) is 5.91 Å². The maximum Gasteiger partial charge on any atom is 0.305 e. The molecule has 1 aliphatic heterocycles. The fourth-order valence-electron chi connectivity index (χ4n) is 3.56. The average Bonchev–Trinajstić information content (AvgIpc) is 3.50. The van der Waals surface area contributed by atoms with Gasteiger partial charge in [-0.2, -0.15) is 5.10 Å². The van der Waals surface area contributed by atoms with Crippen molar-refractivity contribution < 1.29 is 14.3 Å². The Balaban J connectivity index is 1.27. The van der Waals surface area contributed by atoms with Crippen LogP contribution in [-0.4, -0.2) is 56.7 Å². The summed E-state index contributed by atoms with van der Waals surface area (Å²) in [5.41, 5.74) is 2.50. The van der Waals surface area contributed by atoms with Crippen LogP contribution in [0.1, 0.15) is 35.3 Å². The molecular weight excluding hydrogens is 416 g/mol. The zero-order valence-corrected chi connectivity index (χ0v) is 18.0. The third-order valence-corrected chi connectivity index (χ3v) is 6.17. The summed E-state index contributed by atoms with van der Waals surface area (Å²) in [6.07, 6.45) is 5.19. The molecule has 0 bridgehead atoms. The van der Waals surface area contributed by atoms with E-state index in [0.29, 0.717) is 36.9 Å². The first-order valence-corrected chi connectivity index (χ1v) is 11.0. The molecule has 1 aromatic carbocycles. The molecule has 0 atom stereocenters. The lowest BCUT2D eigenvalue weighted by molar-refractivity contribution is -0.142. The van der Waals surface area contributed by atoms with Gasteiger partial charge >= 0.3 is 5.97 Å². The molecule has 9 nitrogen and oxygen atoms in total. The number of piperidine rings is 1. The number of nitrogens with one attached hydrogen (secondary N) is 1. The van der Waals surface area contributed by atoms with Gasteiger partial charge in [0.1, 0.15) is 18.3 Å². The molecule has 1 saturated heterocycles. The molecule has 1 amide bonds. The number of hydrogen-bond donors (Lipinski definition) is 1. The molecular formula is C21H24N6O3S. The Morgan fingerprint density at radius 3 is 2.68 bits per heavy atom. The molecule has 1 N–H and O–H groups in total. The third kappa shape index (κ3) is 5.26. The number of ether oxygens (including phenoxy) is 1. The van der Waals surface area contributed by atoms with Crippen LogP contribution in [0.2, 0.25) is 0 Å². The number of carbonyl (C=O) groups excluding carboxylic acids is 2. The van der Waals surface area contributed by atoms with Crippen LogP contribution in [0.15, 0.2) is 42.3 Å². The highest BCUT2D eigenvalue weighted by Gasteiger charge is 2.26. The van der Waals surface area contributed by atoms with Crippen LogP contribution in [-0.2, 0) is 16.1 Å². The van der Waals surface area contributed by atoms with Gasteiger partial charge in [-0.1, -0.05) is 12.1 Å². The van der Waals surface area contributed by atoms with E-state index in [1.54, 1.807) is 16.4 Å². The average molecular weight is 441 g/mol. The predicted octanol–water partition coefficient (Wildman–Crippen LogP) is 2.75. The van der Waals surface area contributed by atoms with Crippen LogP contribution >= 0.6 is 11.3 Å². The number of methoxy groups -OCH3 is 1. The number of likely N-dealkylation sites (tertiary alicyclic amines) is 1. The Morgan fingerprint density at radius 2 is 2.00 bits per heavy atom. The van der Waals surface area contributed by atoms with Gasteiger partial charge in [0, 0.05) is 31.4 Å². The number of amides is 1. The van der Waals surface area contributed by atoms with Crippen molar-refractivity contribution in [3.63, 3.8) is 0 Å². The first kappa shape index (κ1) is 21.0. The highest BCUT2D eigenvalue weighted by atomic mass is 32.1. The summed E-state index contributed by atoms with van der Waals surface area (Å²) in [6, 6.07) is 7.99. The molecule has 31 heavy (non-hydrogen) atoms. The first-order valence-electron chi connectivity index (χ1n) is 10.1. The molecule has 162 valence electrons. The van der Waals surface area contributed by atoms with Crippen LogP contribution in [0.4, 0.5) is 5.13 Å². The smallest absolute Gasteiger partial charge is 0.305 e. The van der Waals surface area contributed by atoms with E-state index in [4.69, 9.17) is 4.74 Å². The molecule has 3 heterocycles. The second kappa shape index (κ2) is 9.69. The lowest BCUT2D eigenvalue weighted by Gasteiger charge is -2.31. The standard InChI is InChI=1S/C21H24N6O3S/c1-30-19(28)10-15-6-8-26(9-7-15)20(29)18-12-31-21(25-18)23-11-16-2-4-17(5-3-16)27-14-22-13-24-27/h2-5,12-15H,6-11H2,1H3,(H,23,25). The Kier molecular flexibility index (Phi) is 6.56. The SMILES string of the molecule is COC(=O)CC1CCN(C(=O)c2csc(NCc3ccc(-n4cncn4)cc3)n2)CC1. The van der Waals surface area contributed by atoms with Gasteiger partial charge in [-0.3, -0.25) is 9.59 Å². The number of carbonyl (C=O) groups is 2. The maximum atomic E-state index is 12.8. The van der Waals surface area contributed by atoms with Crippen molar-refractivity contribution in [2.45, 2.75) is 25.8 Å². The molecule has 0 saturated carbocycles. The van der Waals surface area contributed by atoms with E-state index in [-0.39, 0.29) is 17.8 Å². The largest absolute Gasteiger partial charge is 0.469 e. The lowest BCUT2D eigenvalue weighted by Crippen LogP contribution is -2.39. The van der Waals surface area contributed by atoms with Gasteiger partial charge in [-0.25, -0.2) is 14.6 Å². The van der Waals surface area contributed by atoms with E-state index in [9.17, 15) is 9.59 Å². The van der Waals surface area contributed by atoms with Crippen LogP contribution in [0.3, 0.4) is 0 Å². The number of thiazole rings is 1. The number of hydrogen-bond acceptors (Lipinski definition) is 8. The van der Waals surface area contributed by atoms with Crippen molar-refractivity contribution in [1.29, 1.82) is 0 Å². The van der Waals surface area contributed by atoms with Crippen molar-refractivity contribution in [3.8, 4) is 5.69 Å². The van der Waals surface area contributed by atoms with E-state index in [1.807, 2.05) is 29.2 Å². The minimum atomic E-state index is -0.187. The quantitative estimate of drug-likeness (QED) is 0.564. The topological polar surface area (TPSA) is 102 Å². The van der Waals surface area contributed by atoms with Crippen molar-refractivity contribution >= 4 is 28.3 Å². The molecule has 1 fully saturated rings. The number of esters is 1. The molecule has 0 unspecified atom stereocenters. The van der Waals surface area contributed by atoms with Crippen LogP contribution in [0.25, 0.3) is 5.69 Å². The van der Waals surface area contributed by atoms with Crippen molar-refractivity contribution in [2.75, 3.05) is 25.5 Å². The van der Waals surface area contributed by atoms with E-state index in [2.05, 4.69) is 20.4 Å². The number of aromatic nitrogens is 4. The highest BCUT2D eigenvalue weighted by molar-refractivity contribution is 7.13. The Morgan fingerprint density at radius 1 is 1.23 bits per heavy atom. The summed E-state index contributed by atoms with van der Waals surface area (Å²) in [6.45, 7) is 1.88. The van der Waals surface area contributed by atoms with Gasteiger partial charge in [-0.05, 0) is 36.5 Å². The Hall–Kier alpha value is -3.27. The molecule has 10 heteroatoms. The first-order chi connectivity index (χ1) is 15.1. The summed E-state index contributed by atoms with van der Waals surface area (Å²) in [7, 11) is 1.41. The van der Waals surface area contributed by atoms with Crippen LogP contribution < -0.4 is 5.32 Å². The van der Waals surface area contributed by atoms with Gasteiger partial charge < -0.3 is 15.0 Å². The zero-order chi connectivity index (χ0) is 21.6. The molecule has 0 spiro atoms. The third-order valence-electron chi connectivity index (χ3n) is 5.37. The van der Waals surface area contributed by atoms with Gasteiger partial charge in [0.2, 0.25) is 0 Å². The molecule has 4 rings (SSSR count). The Labute approximate surface area is 184 Å². The minimum absolute atomic E-state index is 0.0574. The number of anilines is 1. The summed E-state index contributed by atoms with van der Waals surface area (Å²) in [5.74, 6) is 0.0335. The van der Waals surface area contributed by atoms with Gasteiger partial charge in [0.15, 0.2) is 5.13 Å². The van der Waals surface area contributed by atoms with Gasteiger partial charge in [-0.15, -0.1) is 11.3 Å². The summed E-state index contributed by atoms with van der Waals surface area (Å²) in [5, 5.41) is 9.90. The van der Waals surface area contributed by atoms with Crippen molar-refractivity contribution in [1.82, 2.24) is 24.6 Å². The molecule has 0 radical (unpaired) electrons. The van der Waals surface area contributed by atoms with E-state index in [1.165, 1.54) is 24.8 Å². The molecule has 1 aliphatic rings. The second-order valence-electron chi connectivity index (χ2n) is 7.41. The molecule has 2 aromatic heterocycles.